The van der Waals surface area contributed by atoms with Crippen LogP contribution in [-0.4, -0.2) is 44.4 Å². The van der Waals surface area contributed by atoms with E-state index < -0.39 is 10.0 Å². The van der Waals surface area contributed by atoms with Crippen molar-refractivity contribution in [1.82, 2.24) is 9.62 Å². The van der Waals surface area contributed by atoms with E-state index in [0.717, 1.165) is 16.9 Å². The molecule has 0 aliphatic rings. The summed E-state index contributed by atoms with van der Waals surface area (Å²) in [6.07, 6.45) is 1.97. The molecular weight excluding hydrogens is 304 g/mol. The van der Waals surface area contributed by atoms with E-state index in [1.165, 1.54) is 4.31 Å². The van der Waals surface area contributed by atoms with Crippen molar-refractivity contribution < 1.29 is 8.42 Å². The lowest BCUT2D eigenvalue weighted by Crippen LogP contribution is -2.29. The van der Waals surface area contributed by atoms with Crippen LogP contribution in [0.3, 0.4) is 0 Å². The molecule has 0 heterocycles. The molecule has 0 aromatic heterocycles. The van der Waals surface area contributed by atoms with Gasteiger partial charge in [-0.15, -0.1) is 0 Å². The van der Waals surface area contributed by atoms with Gasteiger partial charge in [-0.2, -0.15) is 11.8 Å². The monoisotopic (exact) mass is 330 g/mol. The van der Waals surface area contributed by atoms with Gasteiger partial charge in [-0.1, -0.05) is 19.9 Å². The zero-order chi connectivity index (χ0) is 16.0. The van der Waals surface area contributed by atoms with Crippen LogP contribution in [0.2, 0.25) is 0 Å². The summed E-state index contributed by atoms with van der Waals surface area (Å²) in [6, 6.07) is 5.73. The van der Waals surface area contributed by atoms with Gasteiger partial charge in [-0.25, -0.2) is 12.7 Å². The molecule has 1 aromatic rings. The predicted octanol–water partition coefficient (Wildman–Crippen LogP) is 2.48. The van der Waals surface area contributed by atoms with E-state index in [1.807, 2.05) is 19.2 Å². The fourth-order valence-electron chi connectivity index (χ4n) is 1.83. The van der Waals surface area contributed by atoms with E-state index in [1.54, 1.807) is 30.9 Å². The Morgan fingerprint density at radius 1 is 1.33 bits per heavy atom. The van der Waals surface area contributed by atoms with Gasteiger partial charge < -0.3 is 5.32 Å². The summed E-state index contributed by atoms with van der Waals surface area (Å²) in [4.78, 5) is 0.372. The normalized spacial score (nSPS) is 12.3. The van der Waals surface area contributed by atoms with E-state index in [0.29, 0.717) is 24.0 Å². The van der Waals surface area contributed by atoms with Crippen LogP contribution in [0, 0.1) is 6.92 Å². The summed E-state index contributed by atoms with van der Waals surface area (Å²) in [5.41, 5.74) is 2.14. The van der Waals surface area contributed by atoms with Gasteiger partial charge in [-0.3, -0.25) is 0 Å². The van der Waals surface area contributed by atoms with Gasteiger partial charge in [0.05, 0.1) is 4.90 Å². The second-order valence-corrected chi connectivity index (χ2v) is 8.47. The maximum Gasteiger partial charge on any atom is 0.242 e. The van der Waals surface area contributed by atoms with Gasteiger partial charge in [0.1, 0.15) is 0 Å². The van der Waals surface area contributed by atoms with Crippen molar-refractivity contribution in [3.05, 3.63) is 29.3 Å². The molecule has 0 amide bonds. The Bertz CT molecular complexity index is 557. The molecule has 0 saturated heterocycles. The van der Waals surface area contributed by atoms with Crippen LogP contribution >= 0.6 is 11.8 Å². The van der Waals surface area contributed by atoms with Crippen molar-refractivity contribution in [2.45, 2.75) is 38.3 Å². The average molecular weight is 331 g/mol. The van der Waals surface area contributed by atoms with Gasteiger partial charge in [-0.05, 0) is 36.4 Å². The predicted molar refractivity (Wildman–Crippen MR) is 91.4 cm³/mol. The largest absolute Gasteiger partial charge is 0.310 e. The summed E-state index contributed by atoms with van der Waals surface area (Å²) in [5, 5.41) is 3.33. The summed E-state index contributed by atoms with van der Waals surface area (Å²) < 4.78 is 26.5. The molecule has 0 unspecified atom stereocenters. The summed E-state index contributed by atoms with van der Waals surface area (Å²) >= 11 is 1.64. The van der Waals surface area contributed by atoms with Crippen LogP contribution in [0.15, 0.2) is 23.1 Å². The molecule has 0 saturated carbocycles. The number of hydrogen-bond acceptors (Lipinski definition) is 4. The Morgan fingerprint density at radius 2 is 2.00 bits per heavy atom. The van der Waals surface area contributed by atoms with E-state index >= 15 is 0 Å². The fourth-order valence-corrected chi connectivity index (χ4v) is 3.63. The molecular formula is C15H26N2O2S2. The highest BCUT2D eigenvalue weighted by molar-refractivity contribution is 7.98. The molecule has 6 heteroatoms. The van der Waals surface area contributed by atoms with Crippen molar-refractivity contribution in [2.24, 2.45) is 0 Å². The molecule has 4 nitrogen and oxygen atoms in total. The molecule has 1 N–H and O–H groups in total. The first-order valence-corrected chi connectivity index (χ1v) is 9.90. The van der Waals surface area contributed by atoms with E-state index in [-0.39, 0.29) is 0 Å². The van der Waals surface area contributed by atoms with Crippen LogP contribution < -0.4 is 5.32 Å². The number of rotatable bonds is 8. The quantitative estimate of drug-likeness (QED) is 0.795. The minimum Gasteiger partial charge on any atom is -0.310 e. The molecule has 0 spiro atoms. The first-order chi connectivity index (χ1) is 9.78. The molecule has 1 aromatic carbocycles. The molecule has 120 valence electrons. The van der Waals surface area contributed by atoms with Crippen molar-refractivity contribution >= 4 is 21.8 Å². The van der Waals surface area contributed by atoms with Gasteiger partial charge in [0.15, 0.2) is 0 Å². The third-order valence-electron chi connectivity index (χ3n) is 3.34. The van der Waals surface area contributed by atoms with Gasteiger partial charge in [0.25, 0.3) is 0 Å². The summed E-state index contributed by atoms with van der Waals surface area (Å²) in [7, 11) is -1.76. The highest BCUT2D eigenvalue weighted by Gasteiger charge is 2.21. The van der Waals surface area contributed by atoms with Gasteiger partial charge in [0.2, 0.25) is 10.0 Å². The molecule has 0 bridgehead atoms. The highest BCUT2D eigenvalue weighted by Crippen LogP contribution is 2.19. The van der Waals surface area contributed by atoms with E-state index in [2.05, 4.69) is 19.2 Å². The van der Waals surface area contributed by atoms with E-state index in [9.17, 15) is 8.42 Å². The maximum absolute atomic E-state index is 12.5. The number of sulfonamides is 1. The molecule has 0 radical (unpaired) electrons. The lowest BCUT2D eigenvalue weighted by molar-refractivity contribution is 0.488. The van der Waals surface area contributed by atoms with Crippen LogP contribution in [0.1, 0.15) is 25.0 Å². The average Bonchev–Trinajstić information content (AvgIpc) is 2.43. The third kappa shape index (κ3) is 5.29. The molecule has 0 fully saturated rings. The van der Waals surface area contributed by atoms with Gasteiger partial charge in [0, 0.05) is 31.9 Å². The minimum absolute atomic E-state index is 0.369. The fraction of sp³-hybridized carbons (Fsp3) is 0.600. The second kappa shape index (κ2) is 8.17. The number of nitrogens with one attached hydrogen (secondary N) is 1. The molecule has 1 rings (SSSR count). The SMILES string of the molecule is CSCCN(C)S(=O)(=O)c1ccc(C)c(CNC(C)C)c1. The Balaban J connectivity index is 2.99. The second-order valence-electron chi connectivity index (χ2n) is 5.44. The minimum atomic E-state index is -3.40. The van der Waals surface area contributed by atoms with Crippen LogP contribution in [0.5, 0.6) is 0 Å². The van der Waals surface area contributed by atoms with Crippen molar-refractivity contribution in [3.8, 4) is 0 Å². The number of nitrogens with zero attached hydrogens (tertiary/aromatic N) is 1. The topological polar surface area (TPSA) is 49.4 Å². The van der Waals surface area contributed by atoms with Crippen molar-refractivity contribution in [2.75, 3.05) is 25.6 Å². The lowest BCUT2D eigenvalue weighted by Gasteiger charge is -2.18. The Kier molecular flexibility index (Phi) is 7.20. The summed E-state index contributed by atoms with van der Waals surface area (Å²) in [6.45, 7) is 7.36. The van der Waals surface area contributed by atoms with Crippen molar-refractivity contribution in [3.63, 3.8) is 0 Å². The smallest absolute Gasteiger partial charge is 0.242 e. The Hall–Kier alpha value is -0.560. The molecule has 21 heavy (non-hydrogen) atoms. The molecule has 0 atom stereocenters. The van der Waals surface area contributed by atoms with Crippen molar-refractivity contribution in [1.29, 1.82) is 0 Å². The van der Waals surface area contributed by atoms with Gasteiger partial charge >= 0.3 is 0 Å². The first kappa shape index (κ1) is 18.5. The van der Waals surface area contributed by atoms with Crippen LogP contribution in [-0.2, 0) is 16.6 Å². The highest BCUT2D eigenvalue weighted by atomic mass is 32.2. The van der Waals surface area contributed by atoms with E-state index in [4.69, 9.17) is 0 Å². The standard InChI is InChI=1S/C15H26N2O2S2/c1-12(2)16-11-14-10-15(7-6-13(14)3)21(18,19)17(4)8-9-20-5/h6-7,10,12,16H,8-9,11H2,1-5H3. The Morgan fingerprint density at radius 3 is 2.57 bits per heavy atom. The number of thioether (sulfide) groups is 1. The number of hydrogen-bond donors (Lipinski definition) is 1. The maximum atomic E-state index is 12.5. The number of benzene rings is 1. The van der Waals surface area contributed by atoms with Crippen LogP contribution in [0.25, 0.3) is 0 Å². The first-order valence-electron chi connectivity index (χ1n) is 7.07. The molecule has 0 aliphatic carbocycles. The Labute approximate surface area is 133 Å². The zero-order valence-electron chi connectivity index (χ0n) is 13.5. The zero-order valence-corrected chi connectivity index (χ0v) is 15.1. The summed E-state index contributed by atoms with van der Waals surface area (Å²) in [5.74, 6) is 0.795. The number of aryl methyl sites for hydroxylation is 1. The third-order valence-corrected chi connectivity index (χ3v) is 5.78. The van der Waals surface area contributed by atoms with Crippen LogP contribution in [0.4, 0.5) is 0 Å². The molecule has 0 aliphatic heterocycles. The lowest BCUT2D eigenvalue weighted by atomic mass is 10.1.